The fourth-order valence-corrected chi connectivity index (χ4v) is 3.61. The molecule has 160 valence electrons. The molecule has 0 radical (unpaired) electrons. The number of piperidine rings is 1. The van der Waals surface area contributed by atoms with Gasteiger partial charge in [0.2, 0.25) is 0 Å². The second-order valence-corrected chi connectivity index (χ2v) is 7.41. The van der Waals surface area contributed by atoms with Gasteiger partial charge < -0.3 is 20.3 Å². The largest absolute Gasteiger partial charge is 0.382 e. The number of benzene rings is 2. The molecule has 2 aromatic rings. The van der Waals surface area contributed by atoms with Crippen LogP contribution in [0.25, 0.3) is 0 Å². The molecule has 1 heterocycles. The van der Waals surface area contributed by atoms with Gasteiger partial charge in [-0.05, 0) is 62.9 Å². The monoisotopic (exact) mass is 409 g/mol. The van der Waals surface area contributed by atoms with Crippen molar-refractivity contribution in [1.82, 2.24) is 5.32 Å². The maximum absolute atomic E-state index is 13.0. The lowest BCUT2D eigenvalue weighted by Gasteiger charge is -2.30. The van der Waals surface area contributed by atoms with E-state index in [2.05, 4.69) is 15.5 Å². The van der Waals surface area contributed by atoms with E-state index >= 15 is 0 Å². The minimum Gasteiger partial charge on any atom is -0.382 e. The van der Waals surface area contributed by atoms with E-state index in [-0.39, 0.29) is 11.8 Å². The van der Waals surface area contributed by atoms with Crippen LogP contribution in [0.5, 0.6) is 0 Å². The minimum atomic E-state index is -0.190. The van der Waals surface area contributed by atoms with Crippen LogP contribution < -0.4 is 15.5 Å². The molecule has 2 amide bonds. The zero-order valence-corrected chi connectivity index (χ0v) is 17.7. The van der Waals surface area contributed by atoms with Gasteiger partial charge in [-0.1, -0.05) is 18.2 Å². The van der Waals surface area contributed by atoms with Crippen molar-refractivity contribution >= 4 is 23.2 Å². The van der Waals surface area contributed by atoms with Crippen LogP contribution in [-0.4, -0.2) is 44.7 Å². The zero-order valence-electron chi connectivity index (χ0n) is 17.7. The summed E-state index contributed by atoms with van der Waals surface area (Å²) < 4.78 is 5.34. The van der Waals surface area contributed by atoms with Crippen molar-refractivity contribution in [2.24, 2.45) is 0 Å². The summed E-state index contributed by atoms with van der Waals surface area (Å²) in [5, 5.41) is 5.90. The van der Waals surface area contributed by atoms with Crippen molar-refractivity contribution in [3.8, 4) is 0 Å². The quantitative estimate of drug-likeness (QED) is 0.612. The number of rotatable bonds is 9. The number of nitrogens with one attached hydrogen (secondary N) is 2. The highest BCUT2D eigenvalue weighted by Crippen LogP contribution is 2.27. The van der Waals surface area contributed by atoms with Crippen molar-refractivity contribution < 1.29 is 14.3 Å². The molecule has 0 unspecified atom stereocenters. The normalized spacial score (nSPS) is 13.7. The number of amides is 2. The molecular formula is C24H31N3O3. The summed E-state index contributed by atoms with van der Waals surface area (Å²) in [7, 11) is 0. The van der Waals surface area contributed by atoms with Gasteiger partial charge in [-0.15, -0.1) is 0 Å². The van der Waals surface area contributed by atoms with E-state index < -0.39 is 0 Å². The van der Waals surface area contributed by atoms with E-state index in [0.717, 1.165) is 38.0 Å². The first-order chi connectivity index (χ1) is 14.7. The molecule has 1 aliphatic heterocycles. The molecule has 0 aromatic heterocycles. The average Bonchev–Trinajstić information content (AvgIpc) is 2.80. The third-order valence-electron chi connectivity index (χ3n) is 5.19. The fraction of sp³-hybridized carbons (Fsp3) is 0.417. The molecular weight excluding hydrogens is 378 g/mol. The van der Waals surface area contributed by atoms with Gasteiger partial charge in [0.15, 0.2) is 0 Å². The number of hydrogen-bond donors (Lipinski definition) is 2. The Bertz CT molecular complexity index is 833. The molecule has 1 fully saturated rings. The van der Waals surface area contributed by atoms with Crippen LogP contribution in [0.4, 0.5) is 11.4 Å². The highest BCUT2D eigenvalue weighted by molar-refractivity contribution is 6.06. The molecule has 1 aliphatic rings. The molecule has 6 heteroatoms. The van der Waals surface area contributed by atoms with Gasteiger partial charge in [-0.2, -0.15) is 0 Å². The van der Waals surface area contributed by atoms with Crippen LogP contribution in [0.1, 0.15) is 53.3 Å². The van der Waals surface area contributed by atoms with Crippen LogP contribution in [0.3, 0.4) is 0 Å². The predicted octanol–water partition coefficient (Wildman–Crippen LogP) is 4.09. The predicted molar refractivity (Wildman–Crippen MR) is 120 cm³/mol. The second kappa shape index (κ2) is 11.4. The Morgan fingerprint density at radius 1 is 1.00 bits per heavy atom. The smallest absolute Gasteiger partial charge is 0.255 e. The van der Waals surface area contributed by atoms with E-state index in [1.807, 2.05) is 37.3 Å². The van der Waals surface area contributed by atoms with Crippen molar-refractivity contribution in [3.63, 3.8) is 0 Å². The first-order valence-electron chi connectivity index (χ1n) is 10.8. The van der Waals surface area contributed by atoms with E-state index in [4.69, 9.17) is 4.74 Å². The lowest BCUT2D eigenvalue weighted by Crippen LogP contribution is -2.33. The molecule has 0 atom stereocenters. The molecule has 0 bridgehead atoms. The van der Waals surface area contributed by atoms with E-state index in [1.54, 1.807) is 18.2 Å². The molecule has 0 saturated carbocycles. The maximum atomic E-state index is 13.0. The van der Waals surface area contributed by atoms with Crippen molar-refractivity contribution in [2.75, 3.05) is 43.1 Å². The fourth-order valence-electron chi connectivity index (χ4n) is 3.61. The molecule has 1 saturated heterocycles. The highest BCUT2D eigenvalue weighted by atomic mass is 16.5. The van der Waals surface area contributed by atoms with Gasteiger partial charge in [0, 0.05) is 49.8 Å². The summed E-state index contributed by atoms with van der Waals surface area (Å²) in [5.74, 6) is -0.313. The van der Waals surface area contributed by atoms with Crippen molar-refractivity contribution in [3.05, 3.63) is 59.7 Å². The summed E-state index contributed by atoms with van der Waals surface area (Å²) >= 11 is 0. The third-order valence-corrected chi connectivity index (χ3v) is 5.19. The summed E-state index contributed by atoms with van der Waals surface area (Å²) in [5.41, 5.74) is 2.72. The topological polar surface area (TPSA) is 70.7 Å². The number of carbonyl (C=O) groups excluding carboxylic acids is 2. The van der Waals surface area contributed by atoms with Crippen molar-refractivity contribution in [2.45, 2.75) is 32.6 Å². The van der Waals surface area contributed by atoms with Gasteiger partial charge in [-0.25, -0.2) is 0 Å². The number of anilines is 2. The summed E-state index contributed by atoms with van der Waals surface area (Å²) in [6.45, 7) is 5.71. The molecule has 3 rings (SSSR count). The molecule has 2 aromatic carbocycles. The van der Waals surface area contributed by atoms with Gasteiger partial charge in [-0.3, -0.25) is 9.59 Å². The van der Waals surface area contributed by atoms with E-state index in [9.17, 15) is 9.59 Å². The van der Waals surface area contributed by atoms with Gasteiger partial charge in [0.05, 0.1) is 5.56 Å². The average molecular weight is 410 g/mol. The van der Waals surface area contributed by atoms with E-state index in [1.165, 1.54) is 6.42 Å². The Morgan fingerprint density at radius 3 is 2.50 bits per heavy atom. The molecule has 2 N–H and O–H groups in total. The first-order valence-corrected chi connectivity index (χ1v) is 10.8. The highest BCUT2D eigenvalue weighted by Gasteiger charge is 2.19. The minimum absolute atomic E-state index is 0.122. The van der Waals surface area contributed by atoms with Gasteiger partial charge in [0.25, 0.3) is 11.8 Å². The van der Waals surface area contributed by atoms with Crippen LogP contribution in [-0.2, 0) is 4.74 Å². The first kappa shape index (κ1) is 21.8. The Balaban J connectivity index is 1.76. The van der Waals surface area contributed by atoms with Crippen LogP contribution in [0.15, 0.2) is 48.5 Å². The Kier molecular flexibility index (Phi) is 8.27. The van der Waals surface area contributed by atoms with Gasteiger partial charge in [0.1, 0.15) is 0 Å². The number of hydrogen-bond acceptors (Lipinski definition) is 4. The third kappa shape index (κ3) is 6.07. The van der Waals surface area contributed by atoms with Gasteiger partial charge >= 0.3 is 0 Å². The standard InChI is InChI=1S/C24H31N3O3/c1-2-30-17-9-14-25-24(29)21-18-20(26-23(28)19-10-5-3-6-11-19)12-13-22(21)27-15-7-4-8-16-27/h3,5-6,10-13,18H,2,4,7-9,14-17H2,1H3,(H,25,29)(H,26,28). The van der Waals surface area contributed by atoms with E-state index in [0.29, 0.717) is 36.6 Å². The second-order valence-electron chi connectivity index (χ2n) is 7.41. The molecule has 0 aliphatic carbocycles. The zero-order chi connectivity index (χ0) is 21.2. The van der Waals surface area contributed by atoms with Crippen LogP contribution in [0.2, 0.25) is 0 Å². The number of carbonyl (C=O) groups is 2. The lowest BCUT2D eigenvalue weighted by molar-refractivity contribution is 0.0943. The molecule has 0 spiro atoms. The summed E-state index contributed by atoms with van der Waals surface area (Å²) in [6.07, 6.45) is 4.24. The molecule has 30 heavy (non-hydrogen) atoms. The number of ether oxygens (including phenoxy) is 1. The van der Waals surface area contributed by atoms with Crippen LogP contribution in [0, 0.1) is 0 Å². The van der Waals surface area contributed by atoms with Crippen LogP contribution >= 0.6 is 0 Å². The number of nitrogens with zero attached hydrogens (tertiary/aromatic N) is 1. The maximum Gasteiger partial charge on any atom is 0.255 e. The Morgan fingerprint density at radius 2 is 1.77 bits per heavy atom. The SMILES string of the molecule is CCOCCCNC(=O)c1cc(NC(=O)c2ccccc2)ccc1N1CCCCC1. The van der Waals surface area contributed by atoms with Crippen molar-refractivity contribution in [1.29, 1.82) is 0 Å². The Labute approximate surface area is 178 Å². The Hall–Kier alpha value is -2.86. The molecule has 6 nitrogen and oxygen atoms in total. The summed E-state index contributed by atoms with van der Waals surface area (Å²) in [6, 6.07) is 14.7. The summed E-state index contributed by atoms with van der Waals surface area (Å²) in [4.78, 5) is 27.7. The lowest BCUT2D eigenvalue weighted by atomic mass is 10.1.